The van der Waals surface area contributed by atoms with Crippen LogP contribution in [0, 0.1) is 5.92 Å². The van der Waals surface area contributed by atoms with Gasteiger partial charge in [0.05, 0.1) is 29.4 Å². The maximum atomic E-state index is 12.8. The van der Waals surface area contributed by atoms with Crippen molar-refractivity contribution in [2.45, 2.75) is 75.6 Å². The van der Waals surface area contributed by atoms with Crippen molar-refractivity contribution in [3.05, 3.63) is 0 Å². The highest BCUT2D eigenvalue weighted by molar-refractivity contribution is 8.00. The summed E-state index contributed by atoms with van der Waals surface area (Å²) < 4.78 is 0. The summed E-state index contributed by atoms with van der Waals surface area (Å²) in [5, 5.41) is 9.81. The van der Waals surface area contributed by atoms with Gasteiger partial charge in [-0.25, -0.2) is 4.79 Å². The molecule has 3 fully saturated rings. The van der Waals surface area contributed by atoms with E-state index in [1.807, 2.05) is 0 Å². The molecule has 0 bridgehead atoms. The number of fused-ring (bicyclic) bond motifs is 1. The molecule has 0 aromatic heterocycles. The normalized spacial score (nSPS) is 31.7. The number of urea groups is 1. The number of amides is 4. The predicted molar refractivity (Wildman–Crippen MR) is 109 cm³/mol. The van der Waals surface area contributed by atoms with Crippen LogP contribution in [0.3, 0.4) is 0 Å². The van der Waals surface area contributed by atoms with Gasteiger partial charge < -0.3 is 10.2 Å². The lowest BCUT2D eigenvalue weighted by Crippen LogP contribution is -2.74. The number of carbonyl (C=O) groups excluding carboxylic acids is 3. The lowest BCUT2D eigenvalue weighted by molar-refractivity contribution is -0.140. The van der Waals surface area contributed by atoms with Gasteiger partial charge in [-0.1, -0.05) is 32.6 Å². The quantitative estimate of drug-likeness (QED) is 0.610. The monoisotopic (exact) mass is 411 g/mol. The summed E-state index contributed by atoms with van der Waals surface area (Å²) in [6.45, 7) is 2.10. The Bertz CT molecular complexity index is 598. The SMILES string of the molecule is CCCC1NC(SCC(=O)NC2CCCCC2)C2C(=O)N(C)C(=O)N(C)C2N1. The molecule has 4 unspecified atom stereocenters. The van der Waals surface area contributed by atoms with Crippen molar-refractivity contribution >= 4 is 29.6 Å². The first kappa shape index (κ1) is 21.4. The van der Waals surface area contributed by atoms with Crippen LogP contribution < -0.4 is 16.0 Å². The van der Waals surface area contributed by atoms with Crippen molar-refractivity contribution < 1.29 is 14.4 Å². The molecule has 8 nitrogen and oxygen atoms in total. The molecule has 2 saturated heterocycles. The van der Waals surface area contributed by atoms with E-state index in [4.69, 9.17) is 0 Å². The minimum Gasteiger partial charge on any atom is -0.353 e. The van der Waals surface area contributed by atoms with Crippen LogP contribution >= 0.6 is 11.8 Å². The molecule has 158 valence electrons. The first-order valence-electron chi connectivity index (χ1n) is 10.4. The topological polar surface area (TPSA) is 93.8 Å². The Hall–Kier alpha value is -1.32. The molecule has 0 aromatic carbocycles. The number of hydrogen-bond acceptors (Lipinski definition) is 6. The average molecular weight is 412 g/mol. The number of nitrogens with one attached hydrogen (secondary N) is 3. The Morgan fingerprint density at radius 3 is 2.57 bits per heavy atom. The van der Waals surface area contributed by atoms with Crippen molar-refractivity contribution in [3.63, 3.8) is 0 Å². The fourth-order valence-electron chi connectivity index (χ4n) is 4.40. The molecule has 0 spiro atoms. The van der Waals surface area contributed by atoms with E-state index in [1.165, 1.54) is 43.0 Å². The van der Waals surface area contributed by atoms with Crippen LogP contribution in [-0.2, 0) is 9.59 Å². The van der Waals surface area contributed by atoms with Crippen LogP contribution in [0.2, 0.25) is 0 Å². The Labute approximate surface area is 171 Å². The lowest BCUT2D eigenvalue weighted by Gasteiger charge is -2.50. The van der Waals surface area contributed by atoms with E-state index in [1.54, 1.807) is 11.9 Å². The molecule has 3 rings (SSSR count). The van der Waals surface area contributed by atoms with Gasteiger partial charge in [-0.15, -0.1) is 11.8 Å². The predicted octanol–water partition coefficient (Wildman–Crippen LogP) is 1.28. The van der Waals surface area contributed by atoms with Gasteiger partial charge in [-0.2, -0.15) is 0 Å². The molecule has 2 heterocycles. The van der Waals surface area contributed by atoms with Gasteiger partial charge in [0.2, 0.25) is 11.8 Å². The molecular formula is C19H33N5O3S. The van der Waals surface area contributed by atoms with E-state index in [9.17, 15) is 14.4 Å². The number of nitrogens with zero attached hydrogens (tertiary/aromatic N) is 2. The van der Waals surface area contributed by atoms with E-state index >= 15 is 0 Å². The molecule has 4 atom stereocenters. The third-order valence-corrected chi connectivity index (χ3v) is 7.18. The van der Waals surface area contributed by atoms with E-state index < -0.39 is 5.92 Å². The lowest BCUT2D eigenvalue weighted by atomic mass is 9.95. The van der Waals surface area contributed by atoms with Gasteiger partial charge in [0.15, 0.2) is 0 Å². The summed E-state index contributed by atoms with van der Waals surface area (Å²) in [5.74, 6) is -0.284. The molecular weight excluding hydrogens is 378 g/mol. The van der Waals surface area contributed by atoms with E-state index in [2.05, 4.69) is 22.9 Å². The molecule has 0 radical (unpaired) electrons. The highest BCUT2D eigenvalue weighted by atomic mass is 32.2. The molecule has 4 amide bonds. The molecule has 3 N–H and O–H groups in total. The Kier molecular flexibility index (Phi) is 7.22. The van der Waals surface area contributed by atoms with Crippen LogP contribution in [-0.4, -0.2) is 71.2 Å². The maximum Gasteiger partial charge on any atom is 0.327 e. The van der Waals surface area contributed by atoms with E-state index in [0.717, 1.165) is 25.7 Å². The van der Waals surface area contributed by atoms with E-state index in [-0.39, 0.29) is 41.6 Å². The zero-order valence-corrected chi connectivity index (χ0v) is 17.9. The first-order valence-corrected chi connectivity index (χ1v) is 11.4. The van der Waals surface area contributed by atoms with Crippen molar-refractivity contribution in [3.8, 4) is 0 Å². The molecule has 0 aromatic rings. The molecule has 28 heavy (non-hydrogen) atoms. The molecule has 1 aliphatic carbocycles. The van der Waals surface area contributed by atoms with E-state index in [0.29, 0.717) is 5.75 Å². The number of imide groups is 1. The summed E-state index contributed by atoms with van der Waals surface area (Å²) in [7, 11) is 3.24. The highest BCUT2D eigenvalue weighted by Gasteiger charge is 2.50. The van der Waals surface area contributed by atoms with Gasteiger partial charge in [-0.05, 0) is 19.3 Å². The summed E-state index contributed by atoms with van der Waals surface area (Å²) in [5.41, 5.74) is 0. The number of rotatable bonds is 6. The zero-order valence-electron chi connectivity index (χ0n) is 17.1. The number of hydrogen-bond donors (Lipinski definition) is 3. The standard InChI is InChI=1S/C19H33N5O3S/c1-4-8-13-21-16-15(18(26)24(3)19(27)23(16)2)17(22-13)28-11-14(25)20-12-9-6-5-7-10-12/h12-13,15-17,21-22H,4-11H2,1-3H3,(H,20,25). The summed E-state index contributed by atoms with van der Waals surface area (Å²) in [4.78, 5) is 40.4. The second-order valence-electron chi connectivity index (χ2n) is 8.07. The minimum absolute atomic E-state index is 0.0108. The average Bonchev–Trinajstić information content (AvgIpc) is 2.69. The molecule has 2 aliphatic heterocycles. The fraction of sp³-hybridized carbons (Fsp3) is 0.842. The highest BCUT2D eigenvalue weighted by Crippen LogP contribution is 2.31. The smallest absolute Gasteiger partial charge is 0.327 e. The van der Waals surface area contributed by atoms with Gasteiger partial charge >= 0.3 is 6.03 Å². The van der Waals surface area contributed by atoms with Crippen molar-refractivity contribution in [2.24, 2.45) is 5.92 Å². The fourth-order valence-corrected chi connectivity index (χ4v) is 5.55. The second-order valence-corrected chi connectivity index (χ2v) is 9.20. The van der Waals surface area contributed by atoms with Crippen LogP contribution in [0.15, 0.2) is 0 Å². The van der Waals surface area contributed by atoms with Crippen molar-refractivity contribution in [2.75, 3.05) is 19.8 Å². The maximum absolute atomic E-state index is 12.8. The van der Waals surface area contributed by atoms with Gasteiger partial charge in [0.25, 0.3) is 0 Å². The van der Waals surface area contributed by atoms with Crippen LogP contribution in [0.1, 0.15) is 51.9 Å². The van der Waals surface area contributed by atoms with Crippen LogP contribution in [0.4, 0.5) is 4.79 Å². The largest absolute Gasteiger partial charge is 0.353 e. The van der Waals surface area contributed by atoms with Crippen molar-refractivity contribution in [1.29, 1.82) is 0 Å². The third-order valence-electron chi connectivity index (χ3n) is 5.97. The molecule has 1 saturated carbocycles. The Morgan fingerprint density at radius 1 is 1.18 bits per heavy atom. The molecule has 3 aliphatic rings. The van der Waals surface area contributed by atoms with Crippen LogP contribution in [0.5, 0.6) is 0 Å². The second kappa shape index (κ2) is 9.45. The zero-order chi connectivity index (χ0) is 20.3. The Morgan fingerprint density at radius 2 is 1.89 bits per heavy atom. The third kappa shape index (κ3) is 4.63. The van der Waals surface area contributed by atoms with Gasteiger partial charge in [0, 0.05) is 20.1 Å². The number of carbonyl (C=O) groups is 3. The van der Waals surface area contributed by atoms with Gasteiger partial charge in [0.1, 0.15) is 0 Å². The number of thioether (sulfide) groups is 1. The minimum atomic E-state index is -0.423. The Balaban J connectivity index is 1.65. The first-order chi connectivity index (χ1) is 13.4. The van der Waals surface area contributed by atoms with Crippen LogP contribution in [0.25, 0.3) is 0 Å². The summed E-state index contributed by atoms with van der Waals surface area (Å²) >= 11 is 1.47. The molecule has 9 heteroatoms. The summed E-state index contributed by atoms with van der Waals surface area (Å²) in [6.07, 6.45) is 7.25. The summed E-state index contributed by atoms with van der Waals surface area (Å²) in [6, 6.07) is -0.00990. The van der Waals surface area contributed by atoms with Crippen molar-refractivity contribution in [1.82, 2.24) is 25.8 Å². The van der Waals surface area contributed by atoms with Gasteiger partial charge in [-0.3, -0.25) is 25.1 Å².